The van der Waals surface area contributed by atoms with Crippen molar-refractivity contribution >= 4 is 33.4 Å². The van der Waals surface area contributed by atoms with Crippen LogP contribution in [0.2, 0.25) is 0 Å². The summed E-state index contributed by atoms with van der Waals surface area (Å²) in [6.07, 6.45) is -0.113. The fourth-order valence-electron chi connectivity index (χ4n) is 2.57. The maximum Gasteiger partial charge on any atom is 0.254 e. The Bertz CT molecular complexity index is 498. The van der Waals surface area contributed by atoms with Crippen LogP contribution in [0.1, 0.15) is 29.8 Å². The van der Waals surface area contributed by atoms with Gasteiger partial charge in [0.1, 0.15) is 0 Å². The number of rotatable bonds is 2. The number of halogens is 2. The average Bonchev–Trinajstić information content (AvgIpc) is 2.34. The van der Waals surface area contributed by atoms with Crippen LogP contribution in [0, 0.1) is 6.92 Å². The number of carbonyl (C=O) groups excluding carboxylic acids is 1. The second-order valence-corrected chi connectivity index (χ2v) is 7.08. The summed E-state index contributed by atoms with van der Waals surface area (Å²) in [5, 5.41) is 0. The molecule has 1 heterocycles. The molecule has 1 aromatic carbocycles. The van der Waals surface area contributed by atoms with Crippen LogP contribution in [0.4, 0.5) is 0 Å². The predicted octanol–water partition coefficient (Wildman–Crippen LogP) is 3.62. The third-order valence-electron chi connectivity index (χ3n) is 3.23. The normalized spacial score (nSPS) is 21.9. The fraction of sp³-hybridized carbons (Fsp3) is 0.533. The number of amides is 1. The Balaban J connectivity index is 2.23. The van der Waals surface area contributed by atoms with E-state index in [4.69, 9.17) is 16.3 Å². The molecule has 0 aromatic heterocycles. The lowest BCUT2D eigenvalue weighted by Crippen LogP contribution is -2.55. The van der Waals surface area contributed by atoms with Crippen molar-refractivity contribution in [3.63, 3.8) is 0 Å². The molecule has 0 N–H and O–H groups in total. The van der Waals surface area contributed by atoms with Crippen molar-refractivity contribution in [1.82, 2.24) is 4.90 Å². The first-order valence-corrected chi connectivity index (χ1v) is 7.94. The van der Waals surface area contributed by atoms with E-state index in [1.54, 1.807) is 0 Å². The summed E-state index contributed by atoms with van der Waals surface area (Å²) >= 11 is 9.34. The molecule has 0 spiro atoms. The topological polar surface area (TPSA) is 29.5 Å². The van der Waals surface area contributed by atoms with Crippen molar-refractivity contribution in [2.45, 2.75) is 32.5 Å². The number of aryl methyl sites for hydroxylation is 1. The van der Waals surface area contributed by atoms with Gasteiger partial charge in [0.15, 0.2) is 0 Å². The van der Waals surface area contributed by atoms with E-state index in [0.29, 0.717) is 24.5 Å². The Hall–Kier alpha value is -0.580. The Morgan fingerprint density at radius 1 is 1.50 bits per heavy atom. The van der Waals surface area contributed by atoms with Crippen molar-refractivity contribution < 1.29 is 9.53 Å². The van der Waals surface area contributed by atoms with Gasteiger partial charge in [0, 0.05) is 23.1 Å². The van der Waals surface area contributed by atoms with E-state index in [-0.39, 0.29) is 17.6 Å². The standard InChI is InChI=1S/C15H19BrClNO2/c1-10-4-11(6-12(16)5-10)14(19)18-8-13(7-17)20-15(2,3)9-18/h4-6,13H,7-9H2,1-3H3. The average molecular weight is 361 g/mol. The summed E-state index contributed by atoms with van der Waals surface area (Å²) in [4.78, 5) is 14.5. The van der Waals surface area contributed by atoms with Gasteiger partial charge in [0.2, 0.25) is 0 Å². The molecule has 1 aliphatic rings. The quantitative estimate of drug-likeness (QED) is 0.754. The molecule has 1 atom stereocenters. The fourth-order valence-corrected chi connectivity index (χ4v) is 3.34. The molecule has 1 aliphatic heterocycles. The number of hydrogen-bond acceptors (Lipinski definition) is 2. The highest BCUT2D eigenvalue weighted by Gasteiger charge is 2.35. The summed E-state index contributed by atoms with van der Waals surface area (Å²) in [6.45, 7) is 7.06. The maximum atomic E-state index is 12.7. The Labute approximate surface area is 133 Å². The van der Waals surface area contributed by atoms with E-state index >= 15 is 0 Å². The molecule has 1 amide bonds. The van der Waals surface area contributed by atoms with Crippen LogP contribution in [-0.2, 0) is 4.74 Å². The van der Waals surface area contributed by atoms with Gasteiger partial charge in [0.25, 0.3) is 5.91 Å². The van der Waals surface area contributed by atoms with Gasteiger partial charge in [0.05, 0.1) is 17.6 Å². The van der Waals surface area contributed by atoms with E-state index in [9.17, 15) is 4.79 Å². The number of ether oxygens (including phenoxy) is 1. The number of nitrogens with zero attached hydrogens (tertiary/aromatic N) is 1. The Morgan fingerprint density at radius 2 is 2.20 bits per heavy atom. The minimum absolute atomic E-state index is 0.0286. The van der Waals surface area contributed by atoms with Crippen LogP contribution < -0.4 is 0 Å². The largest absolute Gasteiger partial charge is 0.367 e. The highest BCUT2D eigenvalue weighted by atomic mass is 79.9. The molecular weight excluding hydrogens is 342 g/mol. The van der Waals surface area contributed by atoms with Gasteiger partial charge in [-0.1, -0.05) is 15.9 Å². The van der Waals surface area contributed by atoms with Gasteiger partial charge >= 0.3 is 0 Å². The van der Waals surface area contributed by atoms with Crippen molar-refractivity contribution in [2.24, 2.45) is 0 Å². The highest BCUT2D eigenvalue weighted by molar-refractivity contribution is 9.10. The summed E-state index contributed by atoms with van der Waals surface area (Å²) < 4.78 is 6.77. The van der Waals surface area contributed by atoms with Crippen LogP contribution in [0.15, 0.2) is 22.7 Å². The molecule has 0 bridgehead atoms. The SMILES string of the molecule is Cc1cc(Br)cc(C(=O)N2CC(CCl)OC(C)(C)C2)c1. The van der Waals surface area contributed by atoms with Gasteiger partial charge in [-0.25, -0.2) is 0 Å². The first kappa shape index (κ1) is 15.8. The highest BCUT2D eigenvalue weighted by Crippen LogP contribution is 2.24. The number of morpholine rings is 1. The lowest BCUT2D eigenvalue weighted by atomic mass is 10.0. The lowest BCUT2D eigenvalue weighted by Gasteiger charge is -2.42. The summed E-state index contributed by atoms with van der Waals surface area (Å²) in [5.74, 6) is 0.422. The number of carbonyl (C=O) groups is 1. The van der Waals surface area contributed by atoms with Gasteiger partial charge in [-0.05, 0) is 44.5 Å². The summed E-state index contributed by atoms with van der Waals surface area (Å²) in [6, 6.07) is 5.75. The lowest BCUT2D eigenvalue weighted by molar-refractivity contribution is -0.117. The van der Waals surface area contributed by atoms with E-state index in [0.717, 1.165) is 10.0 Å². The van der Waals surface area contributed by atoms with Crippen molar-refractivity contribution in [3.8, 4) is 0 Å². The zero-order valence-corrected chi connectivity index (χ0v) is 14.3. The minimum atomic E-state index is -0.367. The zero-order chi connectivity index (χ0) is 14.9. The molecule has 3 nitrogen and oxygen atoms in total. The third kappa shape index (κ3) is 3.74. The molecule has 20 heavy (non-hydrogen) atoms. The smallest absolute Gasteiger partial charge is 0.254 e. The monoisotopic (exact) mass is 359 g/mol. The summed E-state index contributed by atoms with van der Waals surface area (Å²) in [7, 11) is 0. The molecule has 1 fully saturated rings. The van der Waals surface area contributed by atoms with E-state index in [1.807, 2.05) is 43.9 Å². The van der Waals surface area contributed by atoms with Gasteiger partial charge in [-0.2, -0.15) is 0 Å². The second-order valence-electron chi connectivity index (χ2n) is 5.86. The summed E-state index contributed by atoms with van der Waals surface area (Å²) in [5.41, 5.74) is 1.39. The van der Waals surface area contributed by atoms with Crippen LogP contribution in [-0.4, -0.2) is 41.5 Å². The Morgan fingerprint density at radius 3 is 2.80 bits per heavy atom. The zero-order valence-electron chi connectivity index (χ0n) is 12.0. The van der Waals surface area contributed by atoms with Crippen molar-refractivity contribution in [3.05, 3.63) is 33.8 Å². The van der Waals surface area contributed by atoms with Gasteiger partial charge < -0.3 is 9.64 Å². The molecule has 1 aromatic rings. The number of hydrogen-bond donors (Lipinski definition) is 0. The molecule has 1 unspecified atom stereocenters. The first-order valence-electron chi connectivity index (χ1n) is 6.61. The molecule has 0 saturated carbocycles. The van der Waals surface area contributed by atoms with Gasteiger partial charge in [-0.15, -0.1) is 11.6 Å². The number of benzene rings is 1. The Kier molecular flexibility index (Phi) is 4.77. The predicted molar refractivity (Wildman–Crippen MR) is 84.5 cm³/mol. The number of alkyl halides is 1. The third-order valence-corrected chi connectivity index (χ3v) is 4.03. The molecular formula is C15H19BrClNO2. The molecule has 5 heteroatoms. The van der Waals surface area contributed by atoms with E-state index in [1.165, 1.54) is 0 Å². The molecule has 2 rings (SSSR count). The molecule has 1 saturated heterocycles. The maximum absolute atomic E-state index is 12.7. The molecule has 0 radical (unpaired) electrons. The first-order chi connectivity index (χ1) is 9.30. The molecule has 0 aliphatic carbocycles. The van der Waals surface area contributed by atoms with Crippen LogP contribution >= 0.6 is 27.5 Å². The minimum Gasteiger partial charge on any atom is -0.367 e. The van der Waals surface area contributed by atoms with Crippen molar-refractivity contribution in [2.75, 3.05) is 19.0 Å². The van der Waals surface area contributed by atoms with Crippen LogP contribution in [0.3, 0.4) is 0 Å². The second kappa shape index (κ2) is 6.04. The van der Waals surface area contributed by atoms with E-state index in [2.05, 4.69) is 15.9 Å². The van der Waals surface area contributed by atoms with Gasteiger partial charge in [-0.3, -0.25) is 4.79 Å². The molecule has 110 valence electrons. The van der Waals surface area contributed by atoms with Crippen LogP contribution in [0.25, 0.3) is 0 Å². The van der Waals surface area contributed by atoms with E-state index < -0.39 is 0 Å². The van der Waals surface area contributed by atoms with Crippen LogP contribution in [0.5, 0.6) is 0 Å². The van der Waals surface area contributed by atoms with Crippen molar-refractivity contribution in [1.29, 1.82) is 0 Å².